The summed E-state index contributed by atoms with van der Waals surface area (Å²) in [4.78, 5) is 18.1. The number of nitriles is 1. The number of alkyl halides is 3. The van der Waals surface area contributed by atoms with Crippen molar-refractivity contribution >= 4 is 23.3 Å². The zero-order chi connectivity index (χ0) is 22.1. The number of hydrogen-bond donors (Lipinski definition) is 0. The van der Waals surface area contributed by atoms with E-state index in [1.54, 1.807) is 24.0 Å². The topological polar surface area (TPSA) is 66.2 Å². The number of aromatic nitrogens is 1. The molecular formula is C21H19ClF3N3O2. The lowest BCUT2D eigenvalue weighted by atomic mass is 9.73. The Labute approximate surface area is 177 Å². The van der Waals surface area contributed by atoms with E-state index in [9.17, 15) is 23.2 Å². The molecule has 1 aliphatic rings. The Morgan fingerprint density at radius 3 is 2.50 bits per heavy atom. The molecule has 0 bridgehead atoms. The van der Waals surface area contributed by atoms with Crippen molar-refractivity contribution in [3.8, 4) is 6.07 Å². The molecule has 0 unspecified atom stereocenters. The minimum atomic E-state index is -4.55. The summed E-state index contributed by atoms with van der Waals surface area (Å²) in [5.41, 5.74) is -0.740. The van der Waals surface area contributed by atoms with Crippen LogP contribution in [0.3, 0.4) is 0 Å². The van der Waals surface area contributed by atoms with Crippen molar-refractivity contribution in [2.24, 2.45) is 0 Å². The highest BCUT2D eigenvalue weighted by atomic mass is 35.5. The van der Waals surface area contributed by atoms with Crippen LogP contribution in [0.5, 0.6) is 0 Å². The van der Waals surface area contributed by atoms with E-state index < -0.39 is 23.1 Å². The van der Waals surface area contributed by atoms with Gasteiger partial charge in [0.2, 0.25) is 0 Å². The number of methoxy groups -OCH3 is 1. The number of halogens is 4. The van der Waals surface area contributed by atoms with Crippen LogP contribution in [-0.2, 0) is 16.3 Å². The van der Waals surface area contributed by atoms with Crippen molar-refractivity contribution < 1.29 is 22.7 Å². The van der Waals surface area contributed by atoms with E-state index in [0.29, 0.717) is 11.3 Å². The van der Waals surface area contributed by atoms with Gasteiger partial charge in [-0.05, 0) is 44.0 Å². The van der Waals surface area contributed by atoms with Crippen LogP contribution in [0.1, 0.15) is 40.2 Å². The van der Waals surface area contributed by atoms with Gasteiger partial charge < -0.3 is 9.64 Å². The normalized spacial score (nSPS) is 16.1. The molecule has 30 heavy (non-hydrogen) atoms. The monoisotopic (exact) mass is 437 g/mol. The molecule has 0 atom stereocenters. The number of carbonyl (C=O) groups excluding carboxylic acids is 1. The lowest BCUT2D eigenvalue weighted by molar-refractivity contribution is -0.137. The summed E-state index contributed by atoms with van der Waals surface area (Å²) in [5, 5.41) is 9.98. The Hall–Kier alpha value is -2.79. The number of aryl methyl sites for hydroxylation is 1. The molecule has 0 amide bonds. The molecule has 1 aliphatic heterocycles. The number of benzene rings is 1. The van der Waals surface area contributed by atoms with Crippen molar-refractivity contribution in [1.82, 2.24) is 4.98 Å². The maximum atomic E-state index is 13.5. The first kappa shape index (κ1) is 21.9. The summed E-state index contributed by atoms with van der Waals surface area (Å²) < 4.78 is 45.3. The fourth-order valence-electron chi connectivity index (χ4n) is 3.78. The second kappa shape index (κ2) is 8.15. The van der Waals surface area contributed by atoms with E-state index in [1.807, 2.05) is 0 Å². The van der Waals surface area contributed by atoms with E-state index in [0.717, 1.165) is 6.07 Å². The van der Waals surface area contributed by atoms with Crippen molar-refractivity contribution in [3.05, 3.63) is 57.9 Å². The number of ether oxygens (including phenoxy) is 1. The van der Waals surface area contributed by atoms with Crippen LogP contribution < -0.4 is 4.90 Å². The number of carbonyl (C=O) groups is 1. The highest BCUT2D eigenvalue weighted by Gasteiger charge is 2.42. The van der Waals surface area contributed by atoms with Crippen LogP contribution in [0.2, 0.25) is 5.02 Å². The van der Waals surface area contributed by atoms with Gasteiger partial charge in [0, 0.05) is 35.1 Å². The van der Waals surface area contributed by atoms with Crippen molar-refractivity contribution in [2.45, 2.75) is 31.4 Å². The van der Waals surface area contributed by atoms with E-state index in [2.05, 4.69) is 11.1 Å². The van der Waals surface area contributed by atoms with Gasteiger partial charge in [-0.3, -0.25) is 0 Å². The van der Waals surface area contributed by atoms with Crippen molar-refractivity contribution in [3.63, 3.8) is 0 Å². The summed E-state index contributed by atoms with van der Waals surface area (Å²) >= 11 is 5.77. The van der Waals surface area contributed by atoms with Crippen LogP contribution >= 0.6 is 11.6 Å². The van der Waals surface area contributed by atoms with Crippen LogP contribution in [-0.4, -0.2) is 31.2 Å². The van der Waals surface area contributed by atoms with Gasteiger partial charge >= 0.3 is 12.1 Å². The highest BCUT2D eigenvalue weighted by molar-refractivity contribution is 6.30. The second-order valence-electron chi connectivity index (χ2n) is 7.18. The summed E-state index contributed by atoms with van der Waals surface area (Å²) in [7, 11) is 1.23. The van der Waals surface area contributed by atoms with E-state index in [4.69, 9.17) is 16.3 Å². The van der Waals surface area contributed by atoms with Crippen LogP contribution in [0, 0.1) is 18.3 Å². The predicted molar refractivity (Wildman–Crippen MR) is 106 cm³/mol. The Kier molecular flexibility index (Phi) is 5.95. The van der Waals surface area contributed by atoms with Gasteiger partial charge in [-0.2, -0.15) is 18.4 Å². The molecule has 5 nitrogen and oxygen atoms in total. The molecular weight excluding hydrogens is 419 g/mol. The first-order valence-corrected chi connectivity index (χ1v) is 9.58. The molecule has 158 valence electrons. The molecule has 0 radical (unpaired) electrons. The Bertz CT molecular complexity index is 1010. The van der Waals surface area contributed by atoms with Gasteiger partial charge in [0.15, 0.2) is 5.69 Å². The third-order valence-electron chi connectivity index (χ3n) is 5.36. The molecule has 0 saturated carbocycles. The third-order valence-corrected chi connectivity index (χ3v) is 5.60. The second-order valence-corrected chi connectivity index (χ2v) is 7.62. The van der Waals surface area contributed by atoms with Crippen molar-refractivity contribution in [1.29, 1.82) is 5.26 Å². The number of rotatable bonds is 3. The van der Waals surface area contributed by atoms with E-state index >= 15 is 0 Å². The number of piperidine rings is 1. The molecule has 0 aliphatic carbocycles. The summed E-state index contributed by atoms with van der Waals surface area (Å²) in [6.07, 6.45) is -4.08. The fraction of sp³-hybridized carbons (Fsp3) is 0.381. The molecule has 2 heterocycles. The number of nitrogens with zero attached hydrogens (tertiary/aromatic N) is 3. The SMILES string of the molecule is COC(=O)c1nc(C)ccc1C1(C#N)CCN(c2ccc(Cl)cc2C(F)(F)F)CC1. The average molecular weight is 438 g/mol. The van der Waals surface area contributed by atoms with E-state index in [-0.39, 0.29) is 42.3 Å². The summed E-state index contributed by atoms with van der Waals surface area (Å²) in [6.45, 7) is 2.12. The number of esters is 1. The molecule has 0 N–H and O–H groups in total. The smallest absolute Gasteiger partial charge is 0.418 e. The van der Waals surface area contributed by atoms with Gasteiger partial charge in [-0.15, -0.1) is 0 Å². The Morgan fingerprint density at radius 2 is 1.93 bits per heavy atom. The van der Waals surface area contributed by atoms with Gasteiger partial charge in [-0.1, -0.05) is 17.7 Å². The van der Waals surface area contributed by atoms with Gasteiger partial charge in [-0.25, -0.2) is 9.78 Å². The van der Waals surface area contributed by atoms with E-state index in [1.165, 1.54) is 19.2 Å². The van der Waals surface area contributed by atoms with Crippen LogP contribution in [0.4, 0.5) is 18.9 Å². The summed E-state index contributed by atoms with van der Waals surface area (Å²) in [6, 6.07) is 9.33. The summed E-state index contributed by atoms with van der Waals surface area (Å²) in [5.74, 6) is -0.650. The minimum absolute atomic E-state index is 0.00269. The molecule has 3 rings (SSSR count). The van der Waals surface area contributed by atoms with Gasteiger partial charge in [0.1, 0.15) is 0 Å². The molecule has 2 aromatic rings. The lowest BCUT2D eigenvalue weighted by Crippen LogP contribution is -2.43. The first-order valence-electron chi connectivity index (χ1n) is 9.21. The fourth-order valence-corrected chi connectivity index (χ4v) is 3.95. The standard InChI is InChI=1S/C21H19ClF3N3O2/c1-13-3-5-15(18(27-13)19(29)30-2)20(12-26)7-9-28(10-8-20)17-6-4-14(22)11-16(17)21(23,24)25/h3-6,11H,7-10H2,1-2H3. The third kappa shape index (κ3) is 4.08. The molecule has 0 spiro atoms. The van der Waals surface area contributed by atoms with Gasteiger partial charge in [0.05, 0.1) is 24.2 Å². The zero-order valence-electron chi connectivity index (χ0n) is 16.4. The maximum Gasteiger partial charge on any atom is 0.418 e. The number of anilines is 1. The molecule has 1 aromatic heterocycles. The molecule has 1 fully saturated rings. The molecule has 1 aromatic carbocycles. The minimum Gasteiger partial charge on any atom is -0.464 e. The van der Waals surface area contributed by atoms with Crippen LogP contribution in [0.25, 0.3) is 0 Å². The average Bonchev–Trinajstić information content (AvgIpc) is 2.72. The van der Waals surface area contributed by atoms with Crippen LogP contribution in [0.15, 0.2) is 30.3 Å². The largest absolute Gasteiger partial charge is 0.464 e. The number of pyridine rings is 1. The number of hydrogen-bond acceptors (Lipinski definition) is 5. The zero-order valence-corrected chi connectivity index (χ0v) is 17.1. The Balaban J connectivity index is 1.95. The lowest BCUT2D eigenvalue weighted by Gasteiger charge is -2.40. The van der Waals surface area contributed by atoms with Crippen molar-refractivity contribution in [2.75, 3.05) is 25.1 Å². The molecule has 9 heteroatoms. The highest BCUT2D eigenvalue weighted by Crippen LogP contribution is 2.42. The Morgan fingerprint density at radius 1 is 1.27 bits per heavy atom. The van der Waals surface area contributed by atoms with Gasteiger partial charge in [0.25, 0.3) is 0 Å². The quantitative estimate of drug-likeness (QED) is 0.638. The molecule has 1 saturated heterocycles. The maximum absolute atomic E-state index is 13.5. The predicted octanol–water partition coefficient (Wildman–Crippen LogP) is 4.91. The first-order chi connectivity index (χ1) is 14.1.